The number of amides is 2. The molecule has 1 aromatic carbocycles. The van der Waals surface area contributed by atoms with Crippen LogP contribution in [0.2, 0.25) is 5.02 Å². The SMILES string of the molecule is CCCOc1c(Cl)cc(C(=O)OCC2=C(C(=O)OCC)CNC(=O)N2)cc1OC. The Morgan fingerprint density at radius 1 is 1.17 bits per heavy atom. The average molecular weight is 427 g/mol. The van der Waals surface area contributed by atoms with Gasteiger partial charge in [0.15, 0.2) is 11.5 Å². The molecular weight excluding hydrogens is 404 g/mol. The molecule has 0 aliphatic carbocycles. The number of hydrogen-bond acceptors (Lipinski definition) is 7. The Hall–Kier alpha value is -2.94. The Labute approximate surface area is 173 Å². The molecule has 1 heterocycles. The van der Waals surface area contributed by atoms with Gasteiger partial charge < -0.3 is 29.6 Å². The molecule has 10 heteroatoms. The number of hydrogen-bond donors (Lipinski definition) is 2. The number of carbonyl (C=O) groups is 3. The van der Waals surface area contributed by atoms with Crippen LogP contribution in [-0.4, -0.2) is 51.4 Å². The lowest BCUT2D eigenvalue weighted by molar-refractivity contribution is -0.138. The Morgan fingerprint density at radius 3 is 2.59 bits per heavy atom. The van der Waals surface area contributed by atoms with E-state index in [1.165, 1.54) is 19.2 Å². The summed E-state index contributed by atoms with van der Waals surface area (Å²) in [6.45, 7) is 3.88. The van der Waals surface area contributed by atoms with Crippen LogP contribution in [0.15, 0.2) is 23.4 Å². The van der Waals surface area contributed by atoms with E-state index in [4.69, 9.17) is 30.5 Å². The molecule has 0 atom stereocenters. The molecule has 1 aliphatic heterocycles. The van der Waals surface area contributed by atoms with Crippen molar-refractivity contribution < 1.29 is 33.3 Å². The van der Waals surface area contributed by atoms with E-state index in [1.54, 1.807) is 6.92 Å². The number of nitrogens with one attached hydrogen (secondary N) is 2. The van der Waals surface area contributed by atoms with Crippen LogP contribution in [0.25, 0.3) is 0 Å². The van der Waals surface area contributed by atoms with Crippen molar-refractivity contribution in [1.29, 1.82) is 0 Å². The predicted molar refractivity (Wildman–Crippen MR) is 104 cm³/mol. The summed E-state index contributed by atoms with van der Waals surface area (Å²) in [6.07, 6.45) is 0.780. The van der Waals surface area contributed by atoms with Gasteiger partial charge in [-0.15, -0.1) is 0 Å². The molecule has 0 saturated heterocycles. The minimum absolute atomic E-state index is 0.0271. The molecule has 158 valence electrons. The normalized spacial score (nSPS) is 13.3. The molecule has 9 nitrogen and oxygen atoms in total. The number of halogens is 1. The van der Waals surface area contributed by atoms with Crippen molar-refractivity contribution in [3.05, 3.63) is 34.0 Å². The van der Waals surface area contributed by atoms with Crippen LogP contribution < -0.4 is 20.1 Å². The first-order chi connectivity index (χ1) is 13.9. The van der Waals surface area contributed by atoms with Gasteiger partial charge in [-0.05, 0) is 25.5 Å². The van der Waals surface area contributed by atoms with E-state index < -0.39 is 18.0 Å². The van der Waals surface area contributed by atoms with Crippen LogP contribution in [0, 0.1) is 0 Å². The van der Waals surface area contributed by atoms with Crippen molar-refractivity contribution in [2.75, 3.05) is 33.5 Å². The maximum Gasteiger partial charge on any atom is 0.338 e. The van der Waals surface area contributed by atoms with Crippen molar-refractivity contribution >= 4 is 29.6 Å². The van der Waals surface area contributed by atoms with Crippen LogP contribution in [0.4, 0.5) is 4.79 Å². The predicted octanol–water partition coefficient (Wildman–Crippen LogP) is 2.42. The third-order valence-electron chi connectivity index (χ3n) is 3.84. The van der Waals surface area contributed by atoms with Crippen LogP contribution in [0.5, 0.6) is 11.5 Å². The zero-order valence-electron chi connectivity index (χ0n) is 16.4. The zero-order chi connectivity index (χ0) is 21.4. The molecule has 1 aromatic rings. The summed E-state index contributed by atoms with van der Waals surface area (Å²) in [6, 6.07) is 2.34. The number of methoxy groups -OCH3 is 1. The second-order valence-corrected chi connectivity index (χ2v) is 6.31. The van der Waals surface area contributed by atoms with Crippen LogP contribution in [0.3, 0.4) is 0 Å². The smallest absolute Gasteiger partial charge is 0.338 e. The van der Waals surface area contributed by atoms with Crippen LogP contribution in [0.1, 0.15) is 30.6 Å². The molecule has 0 bridgehead atoms. The summed E-state index contributed by atoms with van der Waals surface area (Å²) in [5.74, 6) is -0.686. The molecule has 2 amide bonds. The molecule has 2 N–H and O–H groups in total. The Kier molecular flexibility index (Phi) is 8.14. The minimum atomic E-state index is -0.712. The van der Waals surface area contributed by atoms with Gasteiger partial charge in [0, 0.05) is 0 Å². The van der Waals surface area contributed by atoms with Gasteiger partial charge in [0.25, 0.3) is 0 Å². The van der Waals surface area contributed by atoms with Crippen LogP contribution >= 0.6 is 11.6 Å². The fourth-order valence-electron chi connectivity index (χ4n) is 2.47. The molecule has 2 rings (SSSR count). The molecular formula is C19H23ClN2O7. The highest BCUT2D eigenvalue weighted by Gasteiger charge is 2.25. The van der Waals surface area contributed by atoms with Gasteiger partial charge in [-0.1, -0.05) is 18.5 Å². The van der Waals surface area contributed by atoms with Crippen molar-refractivity contribution in [1.82, 2.24) is 10.6 Å². The summed E-state index contributed by atoms with van der Waals surface area (Å²) in [7, 11) is 1.43. The van der Waals surface area contributed by atoms with Crippen molar-refractivity contribution in [2.24, 2.45) is 0 Å². The van der Waals surface area contributed by atoms with E-state index >= 15 is 0 Å². The lowest BCUT2D eigenvalue weighted by atomic mass is 10.1. The molecule has 0 unspecified atom stereocenters. The quantitative estimate of drug-likeness (QED) is 0.583. The summed E-state index contributed by atoms with van der Waals surface area (Å²) in [5.41, 5.74) is 0.467. The average Bonchev–Trinajstić information content (AvgIpc) is 2.70. The van der Waals surface area contributed by atoms with E-state index in [0.29, 0.717) is 18.1 Å². The van der Waals surface area contributed by atoms with Gasteiger partial charge >= 0.3 is 18.0 Å². The number of rotatable bonds is 9. The van der Waals surface area contributed by atoms with Gasteiger partial charge in [0.05, 0.1) is 48.7 Å². The van der Waals surface area contributed by atoms with Crippen molar-refractivity contribution in [3.8, 4) is 11.5 Å². The number of urea groups is 1. The second-order valence-electron chi connectivity index (χ2n) is 5.90. The molecule has 0 saturated carbocycles. The Balaban J connectivity index is 2.17. The van der Waals surface area contributed by atoms with Gasteiger partial charge in [-0.25, -0.2) is 14.4 Å². The van der Waals surface area contributed by atoms with E-state index in [9.17, 15) is 14.4 Å². The van der Waals surface area contributed by atoms with E-state index in [2.05, 4.69) is 10.6 Å². The zero-order valence-corrected chi connectivity index (χ0v) is 17.2. The molecule has 1 aliphatic rings. The summed E-state index contributed by atoms with van der Waals surface area (Å²) >= 11 is 6.21. The first kappa shape index (κ1) is 22.4. The number of carbonyl (C=O) groups excluding carboxylic acids is 3. The Bertz CT molecular complexity index is 823. The first-order valence-corrected chi connectivity index (χ1v) is 9.40. The maximum atomic E-state index is 12.5. The van der Waals surface area contributed by atoms with Crippen LogP contribution in [-0.2, 0) is 14.3 Å². The standard InChI is InChI=1S/C19H23ClN2O7/c1-4-6-28-16-13(20)7-11(8-15(16)26-3)17(23)29-10-14-12(18(24)27-5-2)9-21-19(25)22-14/h7-8H,4-6,9-10H2,1-3H3,(H2,21,22,25). The molecule has 0 radical (unpaired) electrons. The lowest BCUT2D eigenvalue weighted by Gasteiger charge is -2.21. The van der Waals surface area contributed by atoms with Gasteiger partial charge in [0.1, 0.15) is 6.61 Å². The molecule has 29 heavy (non-hydrogen) atoms. The highest BCUT2D eigenvalue weighted by molar-refractivity contribution is 6.32. The summed E-state index contributed by atoms with van der Waals surface area (Å²) < 4.78 is 21.0. The second kappa shape index (κ2) is 10.6. The molecule has 0 spiro atoms. The third-order valence-corrected chi connectivity index (χ3v) is 4.12. The third kappa shape index (κ3) is 5.77. The van der Waals surface area contributed by atoms with E-state index in [0.717, 1.165) is 6.42 Å². The fourth-order valence-corrected chi connectivity index (χ4v) is 2.74. The topological polar surface area (TPSA) is 112 Å². The van der Waals surface area contributed by atoms with Crippen molar-refractivity contribution in [3.63, 3.8) is 0 Å². The summed E-state index contributed by atoms with van der Waals surface area (Å²) in [4.78, 5) is 36.1. The maximum absolute atomic E-state index is 12.5. The fraction of sp³-hybridized carbons (Fsp3) is 0.421. The Morgan fingerprint density at radius 2 is 1.93 bits per heavy atom. The minimum Gasteiger partial charge on any atom is -0.493 e. The number of esters is 2. The van der Waals surface area contributed by atoms with E-state index in [-0.39, 0.29) is 41.6 Å². The van der Waals surface area contributed by atoms with Gasteiger partial charge in [-0.3, -0.25) is 0 Å². The monoisotopic (exact) mass is 426 g/mol. The largest absolute Gasteiger partial charge is 0.493 e. The van der Waals surface area contributed by atoms with Gasteiger partial charge in [0.2, 0.25) is 0 Å². The highest BCUT2D eigenvalue weighted by Crippen LogP contribution is 2.36. The number of benzene rings is 1. The number of ether oxygens (including phenoxy) is 4. The first-order valence-electron chi connectivity index (χ1n) is 9.02. The summed E-state index contributed by atoms with van der Waals surface area (Å²) in [5, 5.41) is 5.13. The van der Waals surface area contributed by atoms with Crippen molar-refractivity contribution in [2.45, 2.75) is 20.3 Å². The molecule has 0 fully saturated rings. The highest BCUT2D eigenvalue weighted by atomic mass is 35.5. The van der Waals surface area contributed by atoms with E-state index in [1.807, 2.05) is 6.92 Å². The molecule has 0 aromatic heterocycles. The van der Waals surface area contributed by atoms with Gasteiger partial charge in [-0.2, -0.15) is 0 Å². The lowest BCUT2D eigenvalue weighted by Crippen LogP contribution is -2.45.